The average molecular weight is 391 g/mol. The van der Waals surface area contributed by atoms with Crippen LogP contribution in [-0.2, 0) is 6.54 Å². The summed E-state index contributed by atoms with van der Waals surface area (Å²) in [5.74, 6) is 2.20. The number of carbonyl (C=O) groups is 1. The molecule has 0 aromatic heterocycles. The summed E-state index contributed by atoms with van der Waals surface area (Å²) in [6, 6.07) is 7.91. The van der Waals surface area contributed by atoms with E-state index >= 15 is 0 Å². The molecule has 1 aromatic rings. The van der Waals surface area contributed by atoms with Crippen LogP contribution in [0.1, 0.15) is 54.9 Å². The number of benzene rings is 1. The summed E-state index contributed by atoms with van der Waals surface area (Å²) in [6.45, 7) is 6.17. The molecule has 2 N–H and O–H groups in total. The zero-order valence-electron chi connectivity index (χ0n) is 16.8. The standard InChI is InChI=1S/C21H34N4OS/c1-3-22-21(23-12-5-8-15-27-2)24-17-18-10-9-11-19(16-18)20(26)25-13-6-4-7-14-25/h9-11,16H,3-8,12-15,17H2,1-2H3,(H2,22,23,24). The number of amides is 1. The quantitative estimate of drug-likeness (QED) is 0.385. The molecule has 0 radical (unpaired) electrons. The zero-order valence-corrected chi connectivity index (χ0v) is 17.6. The van der Waals surface area contributed by atoms with Crippen molar-refractivity contribution in [3.05, 3.63) is 35.4 Å². The van der Waals surface area contributed by atoms with Crippen molar-refractivity contribution in [3.63, 3.8) is 0 Å². The van der Waals surface area contributed by atoms with E-state index < -0.39 is 0 Å². The van der Waals surface area contributed by atoms with Crippen LogP contribution in [0.4, 0.5) is 0 Å². The molecule has 1 fully saturated rings. The molecule has 1 heterocycles. The van der Waals surface area contributed by atoms with Crippen LogP contribution in [0.15, 0.2) is 29.3 Å². The normalized spacial score (nSPS) is 14.9. The fourth-order valence-corrected chi connectivity index (χ4v) is 3.67. The number of hydrogen-bond acceptors (Lipinski definition) is 3. The molecular formula is C21H34N4OS. The average Bonchev–Trinajstić information content (AvgIpc) is 2.72. The number of carbonyl (C=O) groups excluding carboxylic acids is 1. The van der Waals surface area contributed by atoms with E-state index in [-0.39, 0.29) is 5.91 Å². The number of likely N-dealkylation sites (tertiary alicyclic amines) is 1. The van der Waals surface area contributed by atoms with Crippen molar-refractivity contribution in [1.29, 1.82) is 0 Å². The summed E-state index contributed by atoms with van der Waals surface area (Å²) in [7, 11) is 0. The van der Waals surface area contributed by atoms with E-state index in [1.165, 1.54) is 18.6 Å². The monoisotopic (exact) mass is 390 g/mol. The van der Waals surface area contributed by atoms with Gasteiger partial charge in [-0.1, -0.05) is 12.1 Å². The molecule has 6 heteroatoms. The first-order chi connectivity index (χ1) is 13.2. The summed E-state index contributed by atoms with van der Waals surface area (Å²) >= 11 is 1.89. The third-order valence-electron chi connectivity index (χ3n) is 4.65. The first kappa shape index (κ1) is 21.6. The highest BCUT2D eigenvalue weighted by Crippen LogP contribution is 2.14. The summed E-state index contributed by atoms with van der Waals surface area (Å²) in [6.07, 6.45) is 7.97. The van der Waals surface area contributed by atoms with Gasteiger partial charge in [0, 0.05) is 31.7 Å². The fraction of sp³-hybridized carbons (Fsp3) is 0.619. The van der Waals surface area contributed by atoms with Gasteiger partial charge in [0.25, 0.3) is 5.91 Å². The smallest absolute Gasteiger partial charge is 0.253 e. The Kier molecular flexibility index (Phi) is 10.1. The van der Waals surface area contributed by atoms with E-state index in [0.29, 0.717) is 6.54 Å². The highest BCUT2D eigenvalue weighted by atomic mass is 32.2. The van der Waals surface area contributed by atoms with Crippen molar-refractivity contribution in [3.8, 4) is 0 Å². The Hall–Kier alpha value is -1.69. The number of guanidine groups is 1. The predicted octanol–water partition coefficient (Wildman–Crippen LogP) is 3.51. The number of nitrogens with one attached hydrogen (secondary N) is 2. The lowest BCUT2D eigenvalue weighted by molar-refractivity contribution is 0.0724. The van der Waals surface area contributed by atoms with Crippen molar-refractivity contribution in [2.24, 2.45) is 4.99 Å². The van der Waals surface area contributed by atoms with Gasteiger partial charge < -0.3 is 15.5 Å². The Balaban J connectivity index is 1.91. The molecule has 1 aliphatic rings. The highest BCUT2D eigenvalue weighted by molar-refractivity contribution is 7.98. The molecule has 150 valence electrons. The molecule has 0 saturated carbocycles. The first-order valence-electron chi connectivity index (χ1n) is 10.1. The van der Waals surface area contributed by atoms with Crippen LogP contribution in [-0.4, -0.2) is 55.0 Å². The van der Waals surface area contributed by atoms with Gasteiger partial charge in [-0.05, 0) is 68.7 Å². The Morgan fingerprint density at radius 2 is 2.00 bits per heavy atom. The zero-order chi connectivity index (χ0) is 19.3. The molecule has 1 saturated heterocycles. The number of aliphatic imine (C=N–C) groups is 1. The number of unbranched alkanes of at least 4 members (excludes halogenated alkanes) is 1. The molecular weight excluding hydrogens is 356 g/mol. The Labute approximate surface area is 168 Å². The van der Waals surface area contributed by atoms with Crippen LogP contribution in [0.25, 0.3) is 0 Å². The van der Waals surface area contributed by atoms with Crippen molar-refractivity contribution < 1.29 is 4.79 Å². The van der Waals surface area contributed by atoms with Crippen molar-refractivity contribution >= 4 is 23.6 Å². The summed E-state index contributed by atoms with van der Waals surface area (Å²) in [4.78, 5) is 19.3. The fourth-order valence-electron chi connectivity index (χ4n) is 3.17. The number of hydrogen-bond donors (Lipinski definition) is 2. The minimum absolute atomic E-state index is 0.152. The second-order valence-corrected chi connectivity index (χ2v) is 7.86. The predicted molar refractivity (Wildman–Crippen MR) is 117 cm³/mol. The summed E-state index contributed by atoms with van der Waals surface area (Å²) in [5.41, 5.74) is 1.84. The van der Waals surface area contributed by atoms with Crippen LogP contribution in [0.2, 0.25) is 0 Å². The largest absolute Gasteiger partial charge is 0.357 e. The Bertz CT molecular complexity index is 600. The summed E-state index contributed by atoms with van der Waals surface area (Å²) < 4.78 is 0. The number of thioether (sulfide) groups is 1. The lowest BCUT2D eigenvalue weighted by Gasteiger charge is -2.26. The van der Waals surface area contributed by atoms with Crippen LogP contribution < -0.4 is 10.6 Å². The number of nitrogens with zero attached hydrogens (tertiary/aromatic N) is 2. The molecule has 0 aliphatic carbocycles. The molecule has 0 bridgehead atoms. The Morgan fingerprint density at radius 1 is 1.19 bits per heavy atom. The van der Waals surface area contributed by atoms with Crippen LogP contribution in [0.5, 0.6) is 0 Å². The van der Waals surface area contributed by atoms with Gasteiger partial charge in [0.05, 0.1) is 6.54 Å². The third-order valence-corrected chi connectivity index (χ3v) is 5.35. The van der Waals surface area contributed by atoms with Gasteiger partial charge in [0.15, 0.2) is 5.96 Å². The third kappa shape index (κ3) is 7.83. The second-order valence-electron chi connectivity index (χ2n) is 6.88. The van der Waals surface area contributed by atoms with E-state index in [0.717, 1.165) is 62.5 Å². The van der Waals surface area contributed by atoms with E-state index in [4.69, 9.17) is 0 Å². The van der Waals surface area contributed by atoms with Gasteiger partial charge in [0.1, 0.15) is 0 Å². The topological polar surface area (TPSA) is 56.7 Å². The van der Waals surface area contributed by atoms with Gasteiger partial charge in [0.2, 0.25) is 0 Å². The highest BCUT2D eigenvalue weighted by Gasteiger charge is 2.18. The van der Waals surface area contributed by atoms with Gasteiger partial charge in [-0.15, -0.1) is 0 Å². The SMILES string of the molecule is CCNC(=NCc1cccc(C(=O)N2CCCCC2)c1)NCCCCSC. The van der Waals surface area contributed by atoms with E-state index in [2.05, 4.69) is 28.8 Å². The molecule has 2 rings (SSSR count). The molecule has 0 atom stereocenters. The maximum absolute atomic E-state index is 12.7. The van der Waals surface area contributed by atoms with E-state index in [1.54, 1.807) is 0 Å². The Morgan fingerprint density at radius 3 is 2.74 bits per heavy atom. The molecule has 1 aliphatic heterocycles. The van der Waals surface area contributed by atoms with Crippen LogP contribution in [0, 0.1) is 0 Å². The minimum atomic E-state index is 0.152. The van der Waals surface area contributed by atoms with Gasteiger partial charge in [-0.2, -0.15) is 11.8 Å². The summed E-state index contributed by atoms with van der Waals surface area (Å²) in [5, 5.41) is 6.68. The first-order valence-corrected chi connectivity index (χ1v) is 11.5. The number of piperidine rings is 1. The maximum Gasteiger partial charge on any atom is 0.253 e. The van der Waals surface area contributed by atoms with Gasteiger partial charge in [-0.25, -0.2) is 4.99 Å². The lowest BCUT2D eigenvalue weighted by Crippen LogP contribution is -2.37. The number of rotatable bonds is 9. The molecule has 0 unspecified atom stereocenters. The second kappa shape index (κ2) is 12.7. The van der Waals surface area contributed by atoms with Crippen LogP contribution in [0.3, 0.4) is 0 Å². The minimum Gasteiger partial charge on any atom is -0.357 e. The molecule has 1 amide bonds. The van der Waals surface area contributed by atoms with Crippen molar-refractivity contribution in [2.45, 2.75) is 45.6 Å². The molecule has 0 spiro atoms. The van der Waals surface area contributed by atoms with Crippen molar-refractivity contribution in [1.82, 2.24) is 15.5 Å². The van der Waals surface area contributed by atoms with Crippen molar-refractivity contribution in [2.75, 3.05) is 38.2 Å². The maximum atomic E-state index is 12.7. The molecule has 27 heavy (non-hydrogen) atoms. The van der Waals surface area contributed by atoms with Gasteiger partial charge in [-0.3, -0.25) is 4.79 Å². The molecule has 1 aromatic carbocycles. The van der Waals surface area contributed by atoms with Gasteiger partial charge >= 0.3 is 0 Å². The van der Waals surface area contributed by atoms with E-state index in [1.807, 2.05) is 40.9 Å². The van der Waals surface area contributed by atoms with Crippen LogP contribution >= 0.6 is 11.8 Å². The van der Waals surface area contributed by atoms with E-state index in [9.17, 15) is 4.79 Å². The molecule has 5 nitrogen and oxygen atoms in total. The lowest BCUT2D eigenvalue weighted by atomic mass is 10.1.